The van der Waals surface area contributed by atoms with Gasteiger partial charge in [0.15, 0.2) is 11.6 Å². The van der Waals surface area contributed by atoms with Gasteiger partial charge in [-0.1, -0.05) is 35.9 Å². The van der Waals surface area contributed by atoms with E-state index >= 15 is 4.39 Å². The van der Waals surface area contributed by atoms with Crippen LogP contribution in [-0.2, 0) is 9.53 Å². The summed E-state index contributed by atoms with van der Waals surface area (Å²) >= 11 is 6.31. The Labute approximate surface area is 200 Å². The molecular weight excluding hydrogens is 443 g/mol. The van der Waals surface area contributed by atoms with Crippen LogP contribution in [0.1, 0.15) is 57.1 Å². The standard InChI is InChI=1S/C26H34ClFN2O3/c1-18(16-20(31)6-5-13-29)30-24(17-19-11-14-32-15-12-19)22-9-10-23(27)26(25(22)28)33-21-7-3-2-4-8-21/h2-4,7-10,18-19,24,30H,5-6,11-17,29H2,1H3/t18-,24+/m0/s1. The fraction of sp³-hybridized carbons (Fsp3) is 0.500. The topological polar surface area (TPSA) is 73.6 Å². The van der Waals surface area contributed by atoms with E-state index in [1.54, 1.807) is 24.3 Å². The summed E-state index contributed by atoms with van der Waals surface area (Å²) in [6, 6.07) is 12.0. The van der Waals surface area contributed by atoms with Crippen LogP contribution in [-0.4, -0.2) is 31.6 Å². The van der Waals surface area contributed by atoms with E-state index in [2.05, 4.69) is 5.32 Å². The summed E-state index contributed by atoms with van der Waals surface area (Å²) in [5.74, 6) is 0.631. The fourth-order valence-electron chi connectivity index (χ4n) is 4.26. The van der Waals surface area contributed by atoms with Gasteiger partial charge in [0.1, 0.15) is 11.5 Å². The zero-order valence-corrected chi connectivity index (χ0v) is 20.0. The van der Waals surface area contributed by atoms with Crippen molar-refractivity contribution in [3.05, 3.63) is 58.9 Å². The van der Waals surface area contributed by atoms with Gasteiger partial charge in [0.2, 0.25) is 0 Å². The number of nitrogens with two attached hydrogens (primary N) is 1. The molecule has 1 aliphatic heterocycles. The van der Waals surface area contributed by atoms with Gasteiger partial charge in [-0.3, -0.25) is 4.79 Å². The molecule has 0 aromatic heterocycles. The summed E-state index contributed by atoms with van der Waals surface area (Å²) in [4.78, 5) is 12.3. The molecule has 33 heavy (non-hydrogen) atoms. The van der Waals surface area contributed by atoms with Crippen molar-refractivity contribution in [1.29, 1.82) is 0 Å². The van der Waals surface area contributed by atoms with Crippen LogP contribution in [0.5, 0.6) is 11.5 Å². The molecule has 0 amide bonds. The highest BCUT2D eigenvalue weighted by Crippen LogP contribution is 2.38. The van der Waals surface area contributed by atoms with Crippen molar-refractivity contribution in [1.82, 2.24) is 5.32 Å². The Kier molecular flexibility index (Phi) is 10.1. The van der Waals surface area contributed by atoms with Gasteiger partial charge in [-0.2, -0.15) is 0 Å². The molecule has 0 unspecified atom stereocenters. The second-order valence-corrected chi connectivity index (χ2v) is 9.15. The quantitative estimate of drug-likeness (QED) is 0.404. The van der Waals surface area contributed by atoms with Crippen molar-refractivity contribution in [2.24, 2.45) is 11.7 Å². The molecule has 3 rings (SSSR count). The first-order valence-electron chi connectivity index (χ1n) is 11.7. The van der Waals surface area contributed by atoms with E-state index in [0.717, 1.165) is 32.5 Å². The van der Waals surface area contributed by atoms with Crippen LogP contribution in [0.4, 0.5) is 4.39 Å². The number of carbonyl (C=O) groups is 1. The number of para-hydroxylation sites is 1. The van der Waals surface area contributed by atoms with Crippen molar-refractivity contribution in [2.75, 3.05) is 19.8 Å². The lowest BCUT2D eigenvalue weighted by Gasteiger charge is -2.30. The number of ketones is 1. The molecule has 7 heteroatoms. The SMILES string of the molecule is C[C@@H](CC(=O)CCCN)N[C@H](CC1CCOCC1)c1ccc(Cl)c(Oc2ccccc2)c1F. The van der Waals surface area contributed by atoms with Gasteiger partial charge < -0.3 is 20.5 Å². The molecule has 2 aromatic rings. The molecule has 2 aromatic carbocycles. The number of hydrogen-bond acceptors (Lipinski definition) is 5. The van der Waals surface area contributed by atoms with E-state index in [1.165, 1.54) is 0 Å². The van der Waals surface area contributed by atoms with Gasteiger partial charge in [-0.05, 0) is 63.3 Å². The lowest BCUT2D eigenvalue weighted by atomic mass is 9.88. The average molecular weight is 477 g/mol. The maximum absolute atomic E-state index is 15.7. The lowest BCUT2D eigenvalue weighted by molar-refractivity contribution is -0.119. The Morgan fingerprint density at radius 3 is 2.67 bits per heavy atom. The summed E-state index contributed by atoms with van der Waals surface area (Å²) in [5.41, 5.74) is 6.02. The van der Waals surface area contributed by atoms with Crippen LogP contribution in [0.25, 0.3) is 0 Å². The van der Waals surface area contributed by atoms with Gasteiger partial charge in [-0.15, -0.1) is 0 Å². The van der Waals surface area contributed by atoms with Crippen LogP contribution < -0.4 is 15.8 Å². The highest BCUT2D eigenvalue weighted by molar-refractivity contribution is 6.32. The molecule has 1 aliphatic rings. The van der Waals surface area contributed by atoms with Crippen LogP contribution in [0, 0.1) is 11.7 Å². The molecular formula is C26H34ClFN2O3. The van der Waals surface area contributed by atoms with E-state index in [9.17, 15) is 4.79 Å². The first-order chi connectivity index (χ1) is 16.0. The molecule has 1 saturated heterocycles. The zero-order valence-electron chi connectivity index (χ0n) is 19.2. The maximum Gasteiger partial charge on any atom is 0.181 e. The highest BCUT2D eigenvalue weighted by atomic mass is 35.5. The Morgan fingerprint density at radius 2 is 1.97 bits per heavy atom. The maximum atomic E-state index is 15.7. The van der Waals surface area contributed by atoms with E-state index < -0.39 is 5.82 Å². The number of rotatable bonds is 12. The highest BCUT2D eigenvalue weighted by Gasteiger charge is 2.27. The van der Waals surface area contributed by atoms with Crippen LogP contribution in [0.3, 0.4) is 0 Å². The zero-order chi connectivity index (χ0) is 23.6. The van der Waals surface area contributed by atoms with Crippen LogP contribution in [0.2, 0.25) is 5.02 Å². The van der Waals surface area contributed by atoms with Gasteiger partial charge in [0.25, 0.3) is 0 Å². The summed E-state index contributed by atoms with van der Waals surface area (Å²) < 4.78 is 27.1. The Morgan fingerprint density at radius 1 is 1.24 bits per heavy atom. The van der Waals surface area contributed by atoms with E-state index in [-0.39, 0.29) is 28.6 Å². The third-order valence-corrected chi connectivity index (χ3v) is 6.30. The molecule has 180 valence electrons. The van der Waals surface area contributed by atoms with Crippen molar-refractivity contribution in [3.8, 4) is 11.5 Å². The molecule has 1 heterocycles. The number of halogens is 2. The number of carbonyl (C=O) groups excluding carboxylic acids is 1. The first kappa shape index (κ1) is 25.6. The minimum atomic E-state index is -0.474. The van der Waals surface area contributed by atoms with Gasteiger partial charge in [-0.25, -0.2) is 4.39 Å². The Bertz CT molecular complexity index is 891. The smallest absolute Gasteiger partial charge is 0.181 e. The summed E-state index contributed by atoms with van der Waals surface area (Å²) in [6.07, 6.45) is 4.15. The van der Waals surface area contributed by atoms with Crippen molar-refractivity contribution < 1.29 is 18.7 Å². The summed E-state index contributed by atoms with van der Waals surface area (Å²) in [7, 11) is 0. The molecule has 0 radical (unpaired) electrons. The van der Waals surface area contributed by atoms with Gasteiger partial charge in [0, 0.05) is 43.7 Å². The molecule has 0 saturated carbocycles. The summed E-state index contributed by atoms with van der Waals surface area (Å²) in [6.45, 7) is 3.90. The van der Waals surface area contributed by atoms with Crippen molar-refractivity contribution in [2.45, 2.75) is 57.5 Å². The fourth-order valence-corrected chi connectivity index (χ4v) is 4.45. The van der Waals surface area contributed by atoms with Gasteiger partial charge in [0.05, 0.1) is 5.02 Å². The van der Waals surface area contributed by atoms with Gasteiger partial charge >= 0.3 is 0 Å². The van der Waals surface area contributed by atoms with Crippen molar-refractivity contribution in [3.63, 3.8) is 0 Å². The normalized spacial score (nSPS) is 16.4. The number of ether oxygens (including phenoxy) is 2. The predicted molar refractivity (Wildman–Crippen MR) is 129 cm³/mol. The minimum Gasteiger partial charge on any atom is -0.453 e. The van der Waals surface area contributed by atoms with E-state index in [1.807, 2.05) is 25.1 Å². The number of hydrogen-bond donors (Lipinski definition) is 2. The second-order valence-electron chi connectivity index (χ2n) is 8.74. The summed E-state index contributed by atoms with van der Waals surface area (Å²) in [5, 5.41) is 3.73. The average Bonchev–Trinajstić information content (AvgIpc) is 2.81. The number of Topliss-reactive ketones (excluding diaryl/α,β-unsaturated/α-hetero) is 1. The third kappa shape index (κ3) is 7.78. The van der Waals surface area contributed by atoms with Crippen molar-refractivity contribution >= 4 is 17.4 Å². The number of nitrogens with one attached hydrogen (secondary N) is 1. The molecule has 0 spiro atoms. The number of benzene rings is 2. The molecule has 1 fully saturated rings. The first-order valence-corrected chi connectivity index (χ1v) is 12.1. The monoisotopic (exact) mass is 476 g/mol. The molecule has 5 nitrogen and oxygen atoms in total. The minimum absolute atomic E-state index is 0.0193. The Balaban J connectivity index is 1.82. The molecule has 3 N–H and O–H groups in total. The third-order valence-electron chi connectivity index (χ3n) is 6.01. The second kappa shape index (κ2) is 13.0. The van der Waals surface area contributed by atoms with Crippen LogP contribution in [0.15, 0.2) is 42.5 Å². The molecule has 0 aliphatic carbocycles. The largest absolute Gasteiger partial charge is 0.453 e. The van der Waals surface area contributed by atoms with Crippen LogP contribution >= 0.6 is 11.6 Å². The van der Waals surface area contributed by atoms with E-state index in [4.69, 9.17) is 26.8 Å². The predicted octanol–water partition coefficient (Wildman–Crippen LogP) is 5.81. The molecule has 2 atom stereocenters. The van der Waals surface area contributed by atoms with E-state index in [0.29, 0.717) is 43.0 Å². The Hall–Kier alpha value is -1.99. The lowest BCUT2D eigenvalue weighted by Crippen LogP contribution is -2.35. The molecule has 0 bridgehead atoms.